The molecule has 0 fully saturated rings. The fourth-order valence-corrected chi connectivity index (χ4v) is 2.46. The number of hydrogen-bond acceptors (Lipinski definition) is 2. The van der Waals surface area contributed by atoms with Crippen molar-refractivity contribution < 1.29 is 14.0 Å². The number of carbonyl (C=O) groups excluding carboxylic acids is 2. The van der Waals surface area contributed by atoms with Crippen LogP contribution >= 0.6 is 11.6 Å². The first kappa shape index (κ1) is 17.9. The Kier molecular flexibility index (Phi) is 5.93. The molecule has 24 heavy (non-hydrogen) atoms. The molecule has 0 aliphatic heterocycles. The van der Waals surface area contributed by atoms with Crippen LogP contribution in [0.2, 0.25) is 5.02 Å². The van der Waals surface area contributed by atoms with Crippen LogP contribution in [0.5, 0.6) is 0 Å². The van der Waals surface area contributed by atoms with Gasteiger partial charge in [0.2, 0.25) is 11.8 Å². The van der Waals surface area contributed by atoms with Crippen LogP contribution in [0.15, 0.2) is 42.5 Å². The molecule has 2 aromatic rings. The van der Waals surface area contributed by atoms with Crippen molar-refractivity contribution in [3.63, 3.8) is 0 Å². The number of carbonyl (C=O) groups is 2. The molecule has 2 N–H and O–H groups in total. The van der Waals surface area contributed by atoms with E-state index in [1.165, 1.54) is 19.1 Å². The summed E-state index contributed by atoms with van der Waals surface area (Å²) < 4.78 is 13.9. The van der Waals surface area contributed by atoms with Gasteiger partial charge in [-0.05, 0) is 24.6 Å². The minimum Gasteiger partial charge on any atom is -0.349 e. The maximum atomic E-state index is 13.9. The Morgan fingerprint density at radius 3 is 2.46 bits per heavy atom. The molecule has 2 rings (SSSR count). The van der Waals surface area contributed by atoms with Gasteiger partial charge in [0, 0.05) is 6.92 Å². The summed E-state index contributed by atoms with van der Waals surface area (Å²) in [7, 11) is 0. The van der Waals surface area contributed by atoms with Crippen LogP contribution in [0.25, 0.3) is 0 Å². The Morgan fingerprint density at radius 2 is 1.83 bits per heavy atom. The molecule has 1 atom stereocenters. The lowest BCUT2D eigenvalue weighted by atomic mass is 10.0. The average Bonchev–Trinajstić information content (AvgIpc) is 2.51. The van der Waals surface area contributed by atoms with Gasteiger partial charge >= 0.3 is 0 Å². The van der Waals surface area contributed by atoms with Crippen LogP contribution in [-0.4, -0.2) is 11.8 Å². The molecule has 0 bridgehead atoms. The second-order valence-corrected chi connectivity index (χ2v) is 5.92. The molecule has 0 saturated carbocycles. The van der Waals surface area contributed by atoms with E-state index in [4.69, 9.17) is 11.6 Å². The van der Waals surface area contributed by atoms with Crippen LogP contribution in [0.4, 0.5) is 10.1 Å². The van der Waals surface area contributed by atoms with E-state index in [-0.39, 0.29) is 23.0 Å². The first-order valence-corrected chi connectivity index (χ1v) is 7.82. The number of hydrogen-bond donors (Lipinski definition) is 2. The third-order valence-electron chi connectivity index (χ3n) is 3.47. The van der Waals surface area contributed by atoms with Crippen molar-refractivity contribution in [1.29, 1.82) is 0 Å². The topological polar surface area (TPSA) is 58.2 Å². The molecule has 2 amide bonds. The second kappa shape index (κ2) is 7.93. The number of amides is 2. The van der Waals surface area contributed by atoms with Crippen molar-refractivity contribution >= 4 is 29.1 Å². The van der Waals surface area contributed by atoms with Gasteiger partial charge < -0.3 is 10.6 Å². The highest BCUT2D eigenvalue weighted by molar-refractivity contribution is 6.31. The van der Waals surface area contributed by atoms with Crippen molar-refractivity contribution in [2.45, 2.75) is 26.3 Å². The molecular formula is C18H18ClFN2O2. The van der Waals surface area contributed by atoms with E-state index < -0.39 is 17.8 Å². The second-order valence-electron chi connectivity index (χ2n) is 5.52. The van der Waals surface area contributed by atoms with Gasteiger partial charge in [-0.2, -0.15) is 0 Å². The number of aryl methyl sites for hydroxylation is 1. The number of rotatable bonds is 5. The molecule has 1 unspecified atom stereocenters. The lowest BCUT2D eigenvalue weighted by Gasteiger charge is -2.18. The quantitative estimate of drug-likeness (QED) is 0.858. The van der Waals surface area contributed by atoms with Gasteiger partial charge in [-0.15, -0.1) is 0 Å². The maximum Gasteiger partial charge on any atom is 0.226 e. The minimum atomic E-state index is -0.682. The summed E-state index contributed by atoms with van der Waals surface area (Å²) in [4.78, 5) is 23.6. The van der Waals surface area contributed by atoms with Gasteiger partial charge in [0.05, 0.1) is 23.2 Å². The molecule has 0 radical (unpaired) electrons. The van der Waals surface area contributed by atoms with Crippen molar-refractivity contribution in [2.24, 2.45) is 0 Å². The number of anilines is 1. The van der Waals surface area contributed by atoms with Crippen LogP contribution in [0.3, 0.4) is 0 Å². The van der Waals surface area contributed by atoms with Crippen molar-refractivity contribution in [1.82, 2.24) is 5.32 Å². The van der Waals surface area contributed by atoms with Crippen molar-refractivity contribution in [3.05, 3.63) is 64.4 Å². The number of nitrogens with one attached hydrogen (secondary N) is 2. The summed E-state index contributed by atoms with van der Waals surface area (Å²) in [6, 6.07) is 11.4. The SMILES string of the molecule is CC(=O)NC(CC(=O)Nc1cccc(Cl)c1F)c1ccc(C)cc1. The molecule has 0 aliphatic carbocycles. The van der Waals surface area contributed by atoms with E-state index in [0.29, 0.717) is 0 Å². The lowest BCUT2D eigenvalue weighted by Crippen LogP contribution is -2.29. The van der Waals surface area contributed by atoms with Crippen LogP contribution < -0.4 is 10.6 Å². The summed E-state index contributed by atoms with van der Waals surface area (Å²) >= 11 is 5.70. The van der Waals surface area contributed by atoms with Gasteiger partial charge in [-0.25, -0.2) is 4.39 Å². The van der Waals surface area contributed by atoms with Crippen LogP contribution in [0, 0.1) is 12.7 Å². The standard InChI is InChI=1S/C18H18ClFN2O2/c1-11-6-8-13(9-7-11)16(21-12(2)23)10-17(24)22-15-5-3-4-14(19)18(15)20/h3-9,16H,10H2,1-2H3,(H,21,23)(H,22,24). The zero-order valence-electron chi connectivity index (χ0n) is 13.4. The summed E-state index contributed by atoms with van der Waals surface area (Å²) in [6.45, 7) is 3.33. The molecule has 6 heteroatoms. The molecular weight excluding hydrogens is 331 g/mol. The van der Waals surface area contributed by atoms with E-state index in [9.17, 15) is 14.0 Å². The largest absolute Gasteiger partial charge is 0.349 e. The normalized spacial score (nSPS) is 11.7. The van der Waals surface area contributed by atoms with E-state index in [2.05, 4.69) is 10.6 Å². The third kappa shape index (κ3) is 4.80. The average molecular weight is 349 g/mol. The molecule has 2 aromatic carbocycles. The fraction of sp³-hybridized carbons (Fsp3) is 0.222. The molecule has 126 valence electrons. The van der Waals surface area contributed by atoms with Gasteiger partial charge in [-0.1, -0.05) is 47.5 Å². The van der Waals surface area contributed by atoms with Crippen molar-refractivity contribution in [3.8, 4) is 0 Å². The first-order chi connectivity index (χ1) is 11.4. The highest BCUT2D eigenvalue weighted by Crippen LogP contribution is 2.23. The summed E-state index contributed by atoms with van der Waals surface area (Å²) in [5.74, 6) is -1.35. The van der Waals surface area contributed by atoms with E-state index in [0.717, 1.165) is 11.1 Å². The molecule has 4 nitrogen and oxygen atoms in total. The monoisotopic (exact) mass is 348 g/mol. The molecule has 0 aliphatic rings. The Balaban J connectivity index is 2.13. The van der Waals surface area contributed by atoms with Gasteiger partial charge in [0.15, 0.2) is 5.82 Å². The Bertz CT molecular complexity index is 747. The molecule has 0 spiro atoms. The van der Waals surface area contributed by atoms with Crippen molar-refractivity contribution in [2.75, 3.05) is 5.32 Å². The Labute approximate surface area is 145 Å². The fourth-order valence-electron chi connectivity index (χ4n) is 2.28. The summed E-state index contributed by atoms with van der Waals surface area (Å²) in [5, 5.41) is 5.16. The predicted molar refractivity (Wildman–Crippen MR) is 92.4 cm³/mol. The third-order valence-corrected chi connectivity index (χ3v) is 3.76. The zero-order valence-corrected chi connectivity index (χ0v) is 14.2. The molecule has 0 aromatic heterocycles. The highest BCUT2D eigenvalue weighted by Gasteiger charge is 2.18. The van der Waals surface area contributed by atoms with Crippen LogP contribution in [0.1, 0.15) is 30.5 Å². The van der Waals surface area contributed by atoms with Crippen LogP contribution in [-0.2, 0) is 9.59 Å². The Hall–Kier alpha value is -2.40. The first-order valence-electron chi connectivity index (χ1n) is 7.44. The summed E-state index contributed by atoms with van der Waals surface area (Å²) in [5.41, 5.74) is 1.89. The Morgan fingerprint density at radius 1 is 1.17 bits per heavy atom. The van der Waals surface area contributed by atoms with E-state index in [1.54, 1.807) is 6.07 Å². The zero-order chi connectivity index (χ0) is 17.7. The van der Waals surface area contributed by atoms with Gasteiger partial charge in [0.25, 0.3) is 0 Å². The van der Waals surface area contributed by atoms with Gasteiger partial charge in [0.1, 0.15) is 0 Å². The maximum absolute atomic E-state index is 13.9. The number of halogens is 2. The lowest BCUT2D eigenvalue weighted by molar-refractivity contribution is -0.120. The van der Waals surface area contributed by atoms with E-state index in [1.807, 2.05) is 31.2 Å². The van der Waals surface area contributed by atoms with Gasteiger partial charge in [-0.3, -0.25) is 9.59 Å². The number of benzene rings is 2. The molecule has 0 saturated heterocycles. The predicted octanol–water partition coefficient (Wildman–Crippen LogP) is 3.99. The summed E-state index contributed by atoms with van der Waals surface area (Å²) in [6.07, 6.45) is -0.0193. The van der Waals surface area contributed by atoms with E-state index >= 15 is 0 Å². The smallest absolute Gasteiger partial charge is 0.226 e. The minimum absolute atomic E-state index is 0.0120. The highest BCUT2D eigenvalue weighted by atomic mass is 35.5. The molecule has 0 heterocycles.